The first kappa shape index (κ1) is 19.0. The maximum Gasteiger partial charge on any atom is 0.410 e. The SMILES string of the molecule is CC(C)C1COC(=O)N1C1CCN(C(=O)Cn2ccc(-c3cccs3)n2)CC1. The quantitative estimate of drug-likeness (QED) is 0.771. The Morgan fingerprint density at radius 1 is 1.32 bits per heavy atom. The van der Waals surface area contributed by atoms with Gasteiger partial charge < -0.3 is 9.64 Å². The van der Waals surface area contributed by atoms with E-state index in [4.69, 9.17) is 4.74 Å². The number of carbonyl (C=O) groups excluding carboxylic acids is 2. The summed E-state index contributed by atoms with van der Waals surface area (Å²) >= 11 is 1.64. The first-order chi connectivity index (χ1) is 13.5. The third-order valence-corrected chi connectivity index (χ3v) is 6.53. The molecule has 0 saturated carbocycles. The molecular weight excluding hydrogens is 376 g/mol. The van der Waals surface area contributed by atoms with E-state index in [1.54, 1.807) is 16.0 Å². The normalized spacial score (nSPS) is 20.8. The van der Waals surface area contributed by atoms with Gasteiger partial charge >= 0.3 is 6.09 Å². The van der Waals surface area contributed by atoms with Crippen LogP contribution in [0.15, 0.2) is 29.8 Å². The number of hydrogen-bond acceptors (Lipinski definition) is 5. The molecule has 28 heavy (non-hydrogen) atoms. The van der Waals surface area contributed by atoms with Crippen LogP contribution in [0, 0.1) is 5.92 Å². The summed E-state index contributed by atoms with van der Waals surface area (Å²) < 4.78 is 6.98. The number of amides is 2. The van der Waals surface area contributed by atoms with Gasteiger partial charge in [0.2, 0.25) is 5.91 Å². The summed E-state index contributed by atoms with van der Waals surface area (Å²) in [7, 11) is 0. The highest BCUT2D eigenvalue weighted by atomic mass is 32.1. The van der Waals surface area contributed by atoms with E-state index in [1.165, 1.54) is 0 Å². The number of cyclic esters (lactones) is 1. The molecule has 0 aliphatic carbocycles. The van der Waals surface area contributed by atoms with Crippen molar-refractivity contribution in [2.24, 2.45) is 5.92 Å². The van der Waals surface area contributed by atoms with E-state index in [2.05, 4.69) is 18.9 Å². The molecule has 1 unspecified atom stereocenters. The van der Waals surface area contributed by atoms with Crippen LogP contribution < -0.4 is 0 Å². The van der Waals surface area contributed by atoms with Crippen molar-refractivity contribution >= 4 is 23.3 Å². The zero-order valence-corrected chi connectivity index (χ0v) is 17.1. The smallest absolute Gasteiger partial charge is 0.410 e. The molecule has 150 valence electrons. The van der Waals surface area contributed by atoms with Gasteiger partial charge in [0, 0.05) is 25.3 Å². The van der Waals surface area contributed by atoms with Crippen LogP contribution >= 0.6 is 11.3 Å². The molecule has 2 saturated heterocycles. The Morgan fingerprint density at radius 3 is 2.79 bits per heavy atom. The molecule has 2 aliphatic rings. The van der Waals surface area contributed by atoms with Gasteiger partial charge in [-0.1, -0.05) is 19.9 Å². The number of likely N-dealkylation sites (tertiary alicyclic amines) is 1. The van der Waals surface area contributed by atoms with E-state index >= 15 is 0 Å². The Morgan fingerprint density at radius 2 is 2.11 bits per heavy atom. The van der Waals surface area contributed by atoms with Gasteiger partial charge in [-0.05, 0) is 36.3 Å². The van der Waals surface area contributed by atoms with Crippen molar-refractivity contribution in [1.29, 1.82) is 0 Å². The second kappa shape index (κ2) is 7.95. The average molecular weight is 403 g/mol. The molecule has 7 nitrogen and oxygen atoms in total. The summed E-state index contributed by atoms with van der Waals surface area (Å²) in [5, 5.41) is 6.53. The summed E-state index contributed by atoms with van der Waals surface area (Å²) in [6.45, 7) is 6.28. The average Bonchev–Trinajstić information content (AvgIpc) is 3.42. The highest BCUT2D eigenvalue weighted by Crippen LogP contribution is 2.27. The molecule has 2 aromatic rings. The largest absolute Gasteiger partial charge is 0.447 e. The van der Waals surface area contributed by atoms with Crippen molar-refractivity contribution < 1.29 is 14.3 Å². The van der Waals surface area contributed by atoms with Crippen molar-refractivity contribution in [1.82, 2.24) is 19.6 Å². The van der Waals surface area contributed by atoms with Crippen molar-refractivity contribution in [2.75, 3.05) is 19.7 Å². The van der Waals surface area contributed by atoms with Crippen LogP contribution in [-0.2, 0) is 16.1 Å². The second-order valence-electron chi connectivity index (χ2n) is 7.78. The predicted molar refractivity (Wildman–Crippen MR) is 107 cm³/mol. The molecule has 1 atom stereocenters. The maximum absolute atomic E-state index is 12.7. The van der Waals surface area contributed by atoms with E-state index in [-0.39, 0.29) is 30.6 Å². The molecule has 0 aromatic carbocycles. The molecule has 0 spiro atoms. The summed E-state index contributed by atoms with van der Waals surface area (Å²) in [4.78, 5) is 29.7. The lowest BCUT2D eigenvalue weighted by molar-refractivity contribution is -0.133. The first-order valence-corrected chi connectivity index (χ1v) is 10.7. The molecule has 4 rings (SSSR count). The maximum atomic E-state index is 12.7. The fourth-order valence-corrected chi connectivity index (χ4v) is 4.71. The number of rotatable bonds is 5. The molecule has 2 amide bonds. The van der Waals surface area contributed by atoms with Crippen LogP contribution in [0.2, 0.25) is 0 Å². The topological polar surface area (TPSA) is 67.7 Å². The molecule has 2 aromatic heterocycles. The van der Waals surface area contributed by atoms with Crippen LogP contribution in [0.5, 0.6) is 0 Å². The lowest BCUT2D eigenvalue weighted by atomic mass is 9.97. The molecule has 0 bridgehead atoms. The molecule has 8 heteroatoms. The number of nitrogens with zero attached hydrogens (tertiary/aromatic N) is 4. The number of ether oxygens (including phenoxy) is 1. The van der Waals surface area contributed by atoms with Gasteiger partial charge in [-0.15, -0.1) is 11.3 Å². The van der Waals surface area contributed by atoms with Crippen LogP contribution in [0.4, 0.5) is 4.79 Å². The Bertz CT molecular complexity index is 824. The number of thiophene rings is 1. The summed E-state index contributed by atoms with van der Waals surface area (Å²) in [6, 6.07) is 6.25. The first-order valence-electron chi connectivity index (χ1n) is 9.83. The third kappa shape index (κ3) is 3.78. The Labute approximate surface area is 168 Å². The standard InChI is InChI=1S/C20H26N4O3S/c1-14(2)17-13-27-20(26)24(17)15-5-8-22(9-6-15)19(25)12-23-10-7-16(21-23)18-4-3-11-28-18/h3-4,7,10-11,14-15,17H,5-6,8-9,12-13H2,1-2H3. The molecular formula is C20H26N4O3S. The molecule has 4 heterocycles. The van der Waals surface area contributed by atoms with E-state index in [0.717, 1.165) is 23.4 Å². The van der Waals surface area contributed by atoms with Crippen molar-refractivity contribution in [3.05, 3.63) is 29.8 Å². The summed E-state index contributed by atoms with van der Waals surface area (Å²) in [5.41, 5.74) is 0.897. The minimum absolute atomic E-state index is 0.0729. The Kier molecular flexibility index (Phi) is 5.39. The van der Waals surface area contributed by atoms with Gasteiger partial charge in [-0.2, -0.15) is 5.10 Å². The summed E-state index contributed by atoms with van der Waals surface area (Å²) in [5.74, 6) is 0.437. The molecule has 2 aliphatic heterocycles. The van der Waals surface area contributed by atoms with Crippen LogP contribution in [0.1, 0.15) is 26.7 Å². The Balaban J connectivity index is 1.32. The zero-order chi connectivity index (χ0) is 19.7. The van der Waals surface area contributed by atoms with Crippen molar-refractivity contribution in [3.63, 3.8) is 0 Å². The predicted octanol–water partition coefficient (Wildman–Crippen LogP) is 3.08. The lowest BCUT2D eigenvalue weighted by Gasteiger charge is -2.38. The van der Waals surface area contributed by atoms with Gasteiger partial charge in [0.05, 0.1) is 10.9 Å². The van der Waals surface area contributed by atoms with E-state index in [9.17, 15) is 9.59 Å². The van der Waals surface area contributed by atoms with Gasteiger partial charge in [0.1, 0.15) is 18.8 Å². The minimum atomic E-state index is -0.207. The second-order valence-corrected chi connectivity index (χ2v) is 8.73. The molecule has 0 N–H and O–H groups in total. The third-order valence-electron chi connectivity index (χ3n) is 5.64. The van der Waals surface area contributed by atoms with Crippen LogP contribution in [-0.4, -0.2) is 63.4 Å². The summed E-state index contributed by atoms with van der Waals surface area (Å²) in [6.07, 6.45) is 3.24. The highest BCUT2D eigenvalue weighted by molar-refractivity contribution is 7.13. The van der Waals surface area contributed by atoms with Gasteiger partial charge in [0.15, 0.2) is 0 Å². The molecule has 2 fully saturated rings. The number of carbonyl (C=O) groups is 2. The van der Waals surface area contributed by atoms with Crippen LogP contribution in [0.3, 0.4) is 0 Å². The van der Waals surface area contributed by atoms with E-state index < -0.39 is 0 Å². The number of hydrogen-bond donors (Lipinski definition) is 0. The van der Waals surface area contributed by atoms with Gasteiger partial charge in [-0.25, -0.2) is 4.79 Å². The van der Waals surface area contributed by atoms with Crippen LogP contribution in [0.25, 0.3) is 10.6 Å². The fourth-order valence-electron chi connectivity index (χ4n) is 4.02. The van der Waals surface area contributed by atoms with E-state index in [0.29, 0.717) is 25.6 Å². The zero-order valence-electron chi connectivity index (χ0n) is 16.3. The highest BCUT2D eigenvalue weighted by Gasteiger charge is 2.41. The monoisotopic (exact) mass is 402 g/mol. The number of aromatic nitrogens is 2. The Hall–Kier alpha value is -2.35. The van der Waals surface area contributed by atoms with Crippen molar-refractivity contribution in [2.45, 2.75) is 45.3 Å². The number of piperidine rings is 1. The van der Waals surface area contributed by atoms with Crippen molar-refractivity contribution in [3.8, 4) is 10.6 Å². The molecule has 0 radical (unpaired) electrons. The van der Waals surface area contributed by atoms with Gasteiger partial charge in [-0.3, -0.25) is 14.4 Å². The fraction of sp³-hybridized carbons (Fsp3) is 0.550. The lowest BCUT2D eigenvalue weighted by Crippen LogP contribution is -2.51. The van der Waals surface area contributed by atoms with E-state index in [1.807, 2.05) is 39.6 Å². The van der Waals surface area contributed by atoms with Gasteiger partial charge in [0.25, 0.3) is 0 Å². The minimum Gasteiger partial charge on any atom is -0.447 e.